The largest absolute Gasteiger partial charge is 0.495 e. The molecule has 0 aliphatic carbocycles. The number of fused-ring (bicyclic) bond motifs is 1. The molecule has 0 spiro atoms. The minimum Gasteiger partial charge on any atom is -0.495 e. The van der Waals surface area contributed by atoms with E-state index in [1.54, 1.807) is 25.3 Å². The first kappa shape index (κ1) is 17.6. The third-order valence-corrected chi connectivity index (χ3v) is 3.56. The molecular formula is C18H17ClN2O3. The molecule has 6 heteroatoms. The minimum absolute atomic E-state index is 0. The summed E-state index contributed by atoms with van der Waals surface area (Å²) in [6.07, 6.45) is 0. The van der Waals surface area contributed by atoms with Crippen LogP contribution in [0.25, 0.3) is 10.9 Å². The molecule has 3 aromatic rings. The van der Waals surface area contributed by atoms with Crippen LogP contribution in [0.3, 0.4) is 0 Å². The molecule has 0 radical (unpaired) electrons. The Morgan fingerprint density at radius 1 is 1.12 bits per heavy atom. The van der Waals surface area contributed by atoms with E-state index < -0.39 is 5.97 Å². The number of ether oxygens (including phenoxy) is 1. The van der Waals surface area contributed by atoms with Crippen molar-refractivity contribution >= 4 is 40.7 Å². The van der Waals surface area contributed by atoms with E-state index in [0.29, 0.717) is 5.75 Å². The summed E-state index contributed by atoms with van der Waals surface area (Å²) in [6, 6.07) is 14.4. The smallest absolute Gasteiger partial charge is 0.335 e. The molecule has 0 unspecified atom stereocenters. The zero-order valence-electron chi connectivity index (χ0n) is 13.2. The van der Waals surface area contributed by atoms with Crippen LogP contribution in [0.2, 0.25) is 0 Å². The van der Waals surface area contributed by atoms with Gasteiger partial charge in [-0.25, -0.2) is 4.79 Å². The van der Waals surface area contributed by atoms with Crippen molar-refractivity contribution in [3.63, 3.8) is 0 Å². The molecule has 0 saturated heterocycles. The van der Waals surface area contributed by atoms with Gasteiger partial charge in [0.2, 0.25) is 0 Å². The maximum atomic E-state index is 11.2. The van der Waals surface area contributed by atoms with Crippen LogP contribution in [0, 0.1) is 6.92 Å². The Morgan fingerprint density at radius 3 is 2.58 bits per heavy atom. The molecule has 24 heavy (non-hydrogen) atoms. The summed E-state index contributed by atoms with van der Waals surface area (Å²) in [5.74, 6) is -0.250. The molecule has 1 heterocycles. The first-order chi connectivity index (χ1) is 11.1. The second kappa shape index (κ2) is 7.19. The summed E-state index contributed by atoms with van der Waals surface area (Å²) in [5, 5.41) is 13.3. The highest BCUT2D eigenvalue weighted by atomic mass is 35.5. The first-order valence-corrected chi connectivity index (χ1v) is 7.13. The van der Waals surface area contributed by atoms with E-state index in [-0.39, 0.29) is 18.0 Å². The van der Waals surface area contributed by atoms with Crippen molar-refractivity contribution in [3.05, 3.63) is 59.8 Å². The van der Waals surface area contributed by atoms with Crippen LogP contribution in [0.4, 0.5) is 11.4 Å². The van der Waals surface area contributed by atoms with Gasteiger partial charge in [0.25, 0.3) is 0 Å². The number of aromatic carboxylic acids is 1. The molecule has 0 aliphatic heterocycles. The number of rotatable bonds is 4. The number of pyridine rings is 1. The Balaban J connectivity index is 0.00000208. The van der Waals surface area contributed by atoms with Gasteiger partial charge in [-0.1, -0.05) is 12.1 Å². The fourth-order valence-corrected chi connectivity index (χ4v) is 2.49. The van der Waals surface area contributed by atoms with Gasteiger partial charge in [-0.15, -0.1) is 12.4 Å². The van der Waals surface area contributed by atoms with Crippen LogP contribution in [0.15, 0.2) is 48.5 Å². The maximum Gasteiger partial charge on any atom is 0.335 e. The Kier molecular flexibility index (Phi) is 5.26. The number of carboxylic acid groups (broad SMARTS) is 1. The predicted molar refractivity (Wildman–Crippen MR) is 97.0 cm³/mol. The molecule has 124 valence electrons. The van der Waals surface area contributed by atoms with Gasteiger partial charge in [0, 0.05) is 16.8 Å². The SMILES string of the molecule is COc1ccccc1Nc1cc(C)nc2ccc(C(=O)O)cc12.Cl. The molecule has 5 nitrogen and oxygen atoms in total. The molecule has 0 saturated carbocycles. The standard InChI is InChI=1S/C18H16N2O3.ClH/c1-11-9-16(20-15-5-3-4-6-17(15)23-2)13-10-12(18(21)22)7-8-14(13)19-11;/h3-10H,1-2H3,(H,19,20)(H,21,22);1H. The van der Waals surface area contributed by atoms with E-state index in [4.69, 9.17) is 4.74 Å². The summed E-state index contributed by atoms with van der Waals surface area (Å²) < 4.78 is 5.35. The Bertz CT molecular complexity index is 897. The summed E-state index contributed by atoms with van der Waals surface area (Å²) in [4.78, 5) is 15.7. The molecule has 2 aromatic carbocycles. The second-order valence-corrected chi connectivity index (χ2v) is 5.17. The van der Waals surface area contributed by atoms with Gasteiger partial charge in [0.1, 0.15) is 5.75 Å². The average Bonchev–Trinajstić information content (AvgIpc) is 2.54. The molecular weight excluding hydrogens is 328 g/mol. The topological polar surface area (TPSA) is 71.5 Å². The second-order valence-electron chi connectivity index (χ2n) is 5.17. The number of aryl methyl sites for hydroxylation is 1. The number of hydrogen-bond donors (Lipinski definition) is 2. The van der Waals surface area contributed by atoms with E-state index in [0.717, 1.165) is 28.0 Å². The van der Waals surface area contributed by atoms with Crippen LogP contribution in [0.1, 0.15) is 16.1 Å². The number of benzene rings is 2. The normalized spacial score (nSPS) is 10.1. The van der Waals surface area contributed by atoms with E-state index >= 15 is 0 Å². The summed E-state index contributed by atoms with van der Waals surface area (Å²) in [5.41, 5.74) is 3.42. The highest BCUT2D eigenvalue weighted by Gasteiger charge is 2.10. The van der Waals surface area contributed by atoms with Crippen LogP contribution in [-0.2, 0) is 0 Å². The zero-order valence-corrected chi connectivity index (χ0v) is 14.1. The number of halogens is 1. The lowest BCUT2D eigenvalue weighted by Crippen LogP contribution is -2.00. The number of aromatic nitrogens is 1. The van der Waals surface area contributed by atoms with Gasteiger partial charge in [-0.05, 0) is 43.3 Å². The fraction of sp³-hybridized carbons (Fsp3) is 0.111. The number of nitrogens with one attached hydrogen (secondary N) is 1. The Hall–Kier alpha value is -2.79. The van der Waals surface area contributed by atoms with Crippen molar-refractivity contribution in [2.24, 2.45) is 0 Å². The van der Waals surface area contributed by atoms with E-state index in [9.17, 15) is 9.90 Å². The lowest BCUT2D eigenvalue weighted by atomic mass is 10.1. The number of carboxylic acids is 1. The fourth-order valence-electron chi connectivity index (χ4n) is 2.49. The Labute approximate surface area is 145 Å². The molecule has 0 amide bonds. The van der Waals surface area contributed by atoms with Crippen molar-refractivity contribution in [2.45, 2.75) is 6.92 Å². The van der Waals surface area contributed by atoms with Gasteiger partial charge >= 0.3 is 5.97 Å². The highest BCUT2D eigenvalue weighted by Crippen LogP contribution is 2.31. The molecule has 0 aliphatic rings. The number of hydrogen-bond acceptors (Lipinski definition) is 4. The minimum atomic E-state index is -0.962. The monoisotopic (exact) mass is 344 g/mol. The van der Waals surface area contributed by atoms with E-state index in [1.807, 2.05) is 37.3 Å². The highest BCUT2D eigenvalue weighted by molar-refractivity contribution is 5.99. The van der Waals surface area contributed by atoms with Gasteiger partial charge in [0.05, 0.1) is 23.9 Å². The molecule has 1 aromatic heterocycles. The van der Waals surface area contributed by atoms with E-state index in [2.05, 4.69) is 10.3 Å². The van der Waals surface area contributed by atoms with Gasteiger partial charge < -0.3 is 15.2 Å². The molecule has 0 atom stereocenters. The van der Waals surface area contributed by atoms with Gasteiger partial charge in [0.15, 0.2) is 0 Å². The van der Waals surface area contributed by atoms with Crippen LogP contribution >= 0.6 is 12.4 Å². The number of para-hydroxylation sites is 2. The van der Waals surface area contributed by atoms with E-state index in [1.165, 1.54) is 0 Å². The maximum absolute atomic E-state index is 11.2. The van der Waals surface area contributed by atoms with Gasteiger partial charge in [-0.2, -0.15) is 0 Å². The number of carbonyl (C=O) groups is 1. The average molecular weight is 345 g/mol. The summed E-state index contributed by atoms with van der Waals surface area (Å²) in [7, 11) is 1.61. The number of methoxy groups -OCH3 is 1. The lowest BCUT2D eigenvalue weighted by Gasteiger charge is -2.14. The third kappa shape index (κ3) is 3.41. The molecule has 0 bridgehead atoms. The van der Waals surface area contributed by atoms with Crippen LogP contribution < -0.4 is 10.1 Å². The quantitative estimate of drug-likeness (QED) is 0.733. The molecule has 3 rings (SSSR count). The number of anilines is 2. The van der Waals surface area contributed by atoms with Crippen molar-refractivity contribution in [2.75, 3.05) is 12.4 Å². The van der Waals surface area contributed by atoms with Crippen molar-refractivity contribution < 1.29 is 14.6 Å². The van der Waals surface area contributed by atoms with Gasteiger partial charge in [-0.3, -0.25) is 4.98 Å². The third-order valence-electron chi connectivity index (χ3n) is 3.56. The number of nitrogens with zero attached hydrogens (tertiary/aromatic N) is 1. The lowest BCUT2D eigenvalue weighted by molar-refractivity contribution is 0.0697. The van der Waals surface area contributed by atoms with Crippen molar-refractivity contribution in [1.29, 1.82) is 0 Å². The van der Waals surface area contributed by atoms with Crippen molar-refractivity contribution in [1.82, 2.24) is 4.98 Å². The Morgan fingerprint density at radius 2 is 1.88 bits per heavy atom. The summed E-state index contributed by atoms with van der Waals surface area (Å²) >= 11 is 0. The zero-order chi connectivity index (χ0) is 16.4. The first-order valence-electron chi connectivity index (χ1n) is 7.13. The molecule has 0 fully saturated rings. The van der Waals surface area contributed by atoms with Crippen LogP contribution in [0.5, 0.6) is 5.75 Å². The summed E-state index contributed by atoms with van der Waals surface area (Å²) in [6.45, 7) is 1.90. The van der Waals surface area contributed by atoms with Crippen LogP contribution in [-0.4, -0.2) is 23.2 Å². The molecule has 2 N–H and O–H groups in total. The predicted octanol–water partition coefficient (Wildman–Crippen LogP) is 4.42. The van der Waals surface area contributed by atoms with Crippen molar-refractivity contribution in [3.8, 4) is 5.75 Å².